The van der Waals surface area contributed by atoms with Crippen molar-refractivity contribution in [1.29, 1.82) is 0 Å². The first kappa shape index (κ1) is 21.4. The zero-order valence-electron chi connectivity index (χ0n) is 15.6. The van der Waals surface area contributed by atoms with Crippen molar-refractivity contribution in [3.8, 4) is 0 Å². The van der Waals surface area contributed by atoms with Gasteiger partial charge in [-0.2, -0.15) is 5.10 Å². The van der Waals surface area contributed by atoms with Gasteiger partial charge in [-0.1, -0.05) is 50.1 Å². The molecule has 0 radical (unpaired) electrons. The number of hydrogen-bond donors (Lipinski definition) is 1. The molecule has 0 aromatic heterocycles. The Morgan fingerprint density at radius 3 is 2.00 bits per heavy atom. The molecule has 1 N–H and O–H groups in total. The molecule has 11 nitrogen and oxygen atoms in total. The van der Waals surface area contributed by atoms with Gasteiger partial charge in [-0.25, -0.2) is 0 Å². The number of nitrogens with zero attached hydrogens (tertiary/aromatic N) is 4. The Labute approximate surface area is 165 Å². The molecular formula is C18H19N5O6. The lowest BCUT2D eigenvalue weighted by Gasteiger charge is -2.09. The van der Waals surface area contributed by atoms with Crippen molar-refractivity contribution in [3.63, 3.8) is 0 Å². The van der Waals surface area contributed by atoms with Gasteiger partial charge in [0.05, 0.1) is 32.6 Å². The summed E-state index contributed by atoms with van der Waals surface area (Å²) in [4.78, 5) is 30.9. The minimum absolute atomic E-state index is 0.505. The summed E-state index contributed by atoms with van der Waals surface area (Å²) in [6.45, 7) is 2.04. The molecule has 0 unspecified atom stereocenters. The molecule has 0 aliphatic rings. The van der Waals surface area contributed by atoms with E-state index in [1.165, 1.54) is 0 Å². The van der Waals surface area contributed by atoms with E-state index < -0.39 is 37.5 Å². The molecule has 152 valence electrons. The second kappa shape index (κ2) is 9.88. The average molecular weight is 401 g/mol. The first-order chi connectivity index (χ1) is 13.8. The van der Waals surface area contributed by atoms with Gasteiger partial charge in [-0.05, 0) is 18.4 Å². The van der Waals surface area contributed by atoms with Gasteiger partial charge in [-0.3, -0.25) is 35.8 Å². The molecule has 0 fully saturated rings. The molecule has 0 spiro atoms. The maximum atomic E-state index is 11.4. The smallest absolute Gasteiger partial charge is 0.266 e. The van der Waals surface area contributed by atoms with E-state index >= 15 is 0 Å². The highest BCUT2D eigenvalue weighted by atomic mass is 16.6. The third kappa shape index (κ3) is 5.54. The molecule has 29 heavy (non-hydrogen) atoms. The Bertz CT molecular complexity index is 910. The molecule has 0 bridgehead atoms. The average Bonchev–Trinajstić information content (AvgIpc) is 2.70. The van der Waals surface area contributed by atoms with Crippen LogP contribution in [0.5, 0.6) is 0 Å². The number of nitrogens with one attached hydrogen (secondary N) is 1. The van der Waals surface area contributed by atoms with Crippen molar-refractivity contribution in [2.24, 2.45) is 5.10 Å². The van der Waals surface area contributed by atoms with Crippen LogP contribution in [0.1, 0.15) is 38.2 Å². The number of benzene rings is 2. The minimum atomic E-state index is -0.923. The van der Waals surface area contributed by atoms with Crippen LogP contribution in [-0.2, 0) is 0 Å². The summed E-state index contributed by atoms with van der Waals surface area (Å²) >= 11 is 0. The quantitative estimate of drug-likeness (QED) is 0.259. The van der Waals surface area contributed by atoms with Gasteiger partial charge in [0.2, 0.25) is 5.69 Å². The fourth-order valence-corrected chi connectivity index (χ4v) is 2.67. The monoisotopic (exact) mass is 401 g/mol. The van der Waals surface area contributed by atoms with Crippen molar-refractivity contribution >= 4 is 28.5 Å². The second-order valence-corrected chi connectivity index (χ2v) is 6.12. The SMILES string of the molecule is CCCCC/C(=N/Nc1c([N+](=O)[O-])cc([N+](=O)[O-])cc1[N+](=O)[O-])c1ccccc1. The fraction of sp³-hybridized carbons (Fsp3) is 0.278. The molecule has 0 heterocycles. The highest BCUT2D eigenvalue weighted by molar-refractivity contribution is 6.01. The zero-order chi connectivity index (χ0) is 21.4. The van der Waals surface area contributed by atoms with Gasteiger partial charge in [0.1, 0.15) is 0 Å². The van der Waals surface area contributed by atoms with Crippen LogP contribution in [-0.4, -0.2) is 20.5 Å². The predicted molar refractivity (Wildman–Crippen MR) is 107 cm³/mol. The van der Waals surface area contributed by atoms with E-state index in [1.807, 2.05) is 25.1 Å². The molecular weight excluding hydrogens is 382 g/mol. The number of unbranched alkanes of at least 4 members (excludes halogenated alkanes) is 2. The summed E-state index contributed by atoms with van der Waals surface area (Å²) in [5.41, 5.74) is 0.913. The zero-order valence-corrected chi connectivity index (χ0v) is 15.6. The number of hydrazone groups is 1. The van der Waals surface area contributed by atoms with Gasteiger partial charge in [0, 0.05) is 0 Å². The van der Waals surface area contributed by atoms with Gasteiger partial charge in [0.15, 0.2) is 0 Å². The van der Waals surface area contributed by atoms with Crippen molar-refractivity contribution in [2.75, 3.05) is 5.43 Å². The van der Waals surface area contributed by atoms with Crippen LogP contribution in [0, 0.1) is 30.3 Å². The standard InChI is InChI=1S/C18H19N5O6/c1-2-3-5-10-15(13-8-6-4-7-9-13)19-20-18-16(22(26)27)11-14(21(24)25)12-17(18)23(28)29/h4,6-9,11-12,20H,2-3,5,10H2,1H3/b19-15-. The summed E-state index contributed by atoms with van der Waals surface area (Å²) in [5, 5.41) is 37.9. The van der Waals surface area contributed by atoms with E-state index in [4.69, 9.17) is 0 Å². The first-order valence-electron chi connectivity index (χ1n) is 8.84. The molecule has 0 saturated heterocycles. The molecule has 2 rings (SSSR count). The van der Waals surface area contributed by atoms with Gasteiger partial charge < -0.3 is 0 Å². The molecule has 11 heteroatoms. The van der Waals surface area contributed by atoms with Crippen LogP contribution in [0.4, 0.5) is 22.7 Å². The highest BCUT2D eigenvalue weighted by Crippen LogP contribution is 2.38. The van der Waals surface area contributed by atoms with Crippen molar-refractivity contribution in [2.45, 2.75) is 32.6 Å². The Morgan fingerprint density at radius 1 is 0.931 bits per heavy atom. The number of hydrogen-bond acceptors (Lipinski definition) is 8. The molecule has 0 atom stereocenters. The molecule has 0 saturated carbocycles. The number of non-ortho nitro benzene ring substituents is 1. The third-order valence-electron chi connectivity index (χ3n) is 4.11. The van der Waals surface area contributed by atoms with Crippen molar-refractivity contribution < 1.29 is 14.8 Å². The minimum Gasteiger partial charge on any atom is -0.266 e. The van der Waals surface area contributed by atoms with Crippen molar-refractivity contribution in [3.05, 3.63) is 78.4 Å². The maximum Gasteiger partial charge on any atom is 0.308 e. The molecule has 2 aromatic rings. The van der Waals surface area contributed by atoms with E-state index in [2.05, 4.69) is 10.5 Å². The molecule has 0 amide bonds. The summed E-state index contributed by atoms with van der Waals surface area (Å²) < 4.78 is 0. The lowest BCUT2D eigenvalue weighted by molar-refractivity contribution is -0.401. The van der Waals surface area contributed by atoms with Gasteiger partial charge in [0.25, 0.3) is 5.69 Å². The number of anilines is 1. The molecule has 0 aliphatic heterocycles. The Morgan fingerprint density at radius 2 is 1.52 bits per heavy atom. The topological polar surface area (TPSA) is 154 Å². The molecule has 0 aliphatic carbocycles. The fourth-order valence-electron chi connectivity index (χ4n) is 2.67. The lowest BCUT2D eigenvalue weighted by Crippen LogP contribution is -2.08. The van der Waals surface area contributed by atoms with Crippen LogP contribution in [0.15, 0.2) is 47.6 Å². The third-order valence-corrected chi connectivity index (χ3v) is 4.11. The van der Waals surface area contributed by atoms with Crippen molar-refractivity contribution in [1.82, 2.24) is 0 Å². The number of nitro groups is 3. The number of nitro benzene ring substituents is 3. The van der Waals surface area contributed by atoms with Crippen LogP contribution in [0.25, 0.3) is 0 Å². The summed E-state index contributed by atoms with van der Waals surface area (Å²) in [5.74, 6) is 0. The Balaban J connectivity index is 2.52. The first-order valence-corrected chi connectivity index (χ1v) is 8.84. The molecule has 2 aromatic carbocycles. The predicted octanol–water partition coefficient (Wildman–Crippen LogP) is 4.81. The van der Waals surface area contributed by atoms with Gasteiger partial charge in [-0.15, -0.1) is 0 Å². The lowest BCUT2D eigenvalue weighted by atomic mass is 10.0. The number of rotatable bonds is 10. The largest absolute Gasteiger partial charge is 0.308 e. The maximum absolute atomic E-state index is 11.4. The van der Waals surface area contributed by atoms with Crippen LogP contribution >= 0.6 is 0 Å². The Kier molecular flexibility index (Phi) is 7.29. The van der Waals surface area contributed by atoms with E-state index in [0.717, 1.165) is 24.8 Å². The van der Waals surface area contributed by atoms with Crippen LogP contribution in [0.2, 0.25) is 0 Å². The summed E-state index contributed by atoms with van der Waals surface area (Å²) in [6.07, 6.45) is 3.30. The van der Waals surface area contributed by atoms with E-state index in [9.17, 15) is 30.3 Å². The second-order valence-electron chi connectivity index (χ2n) is 6.12. The normalized spacial score (nSPS) is 11.1. The van der Waals surface area contributed by atoms with E-state index in [0.29, 0.717) is 24.3 Å². The highest BCUT2D eigenvalue weighted by Gasteiger charge is 2.30. The summed E-state index contributed by atoms with van der Waals surface area (Å²) in [7, 11) is 0. The Hall–Kier alpha value is -3.89. The van der Waals surface area contributed by atoms with E-state index in [-0.39, 0.29) is 0 Å². The van der Waals surface area contributed by atoms with E-state index in [1.54, 1.807) is 12.1 Å². The van der Waals surface area contributed by atoms with Crippen LogP contribution < -0.4 is 5.43 Å². The van der Waals surface area contributed by atoms with Crippen LogP contribution in [0.3, 0.4) is 0 Å². The van der Waals surface area contributed by atoms with Gasteiger partial charge >= 0.3 is 11.4 Å². The summed E-state index contributed by atoms with van der Waals surface area (Å²) in [6, 6.07) is 10.4.